The van der Waals surface area contributed by atoms with E-state index in [4.69, 9.17) is 47.2 Å². The molecule has 2 atom stereocenters. The first-order valence-electron chi connectivity index (χ1n) is 24.9. The highest BCUT2D eigenvalue weighted by Crippen LogP contribution is 2.40. The molecule has 2 fully saturated rings. The Kier molecular flexibility index (Phi) is 13.8. The molecular formula is C53H48F4N10O9S2. The van der Waals surface area contributed by atoms with E-state index >= 15 is 0 Å². The van der Waals surface area contributed by atoms with E-state index in [-0.39, 0.29) is 36.7 Å². The van der Waals surface area contributed by atoms with Gasteiger partial charge in [-0.25, -0.2) is 28.4 Å². The fourth-order valence-electron chi connectivity index (χ4n) is 9.66. The molecule has 1 N–H and O–H groups in total. The van der Waals surface area contributed by atoms with Crippen molar-refractivity contribution in [2.45, 2.75) is 31.9 Å². The summed E-state index contributed by atoms with van der Waals surface area (Å²) in [5.41, 5.74) is 3.96. The summed E-state index contributed by atoms with van der Waals surface area (Å²) in [5, 5.41) is 13.1. The number of carbonyl (C=O) groups is 1. The molecule has 9 heterocycles. The molecule has 25 heteroatoms. The SMILES string of the molecule is COc1cc(OC[C@@H]2CCCN(c3ccc(F)cc3)C2)c2cc(-c3cn4nc(OCCOc5cc(OCC6CCCN(c7ccc(NC(=O)C(F)(F)F)nc7)C6)c6cc(-c7cn8nc(OC)sc8n7)oc6c5)sc4n3)oc2c1. The van der Waals surface area contributed by atoms with E-state index in [0.29, 0.717) is 115 Å². The van der Waals surface area contributed by atoms with E-state index in [2.05, 4.69) is 25.0 Å². The fourth-order valence-corrected chi connectivity index (χ4v) is 11.1. The Morgan fingerprint density at radius 1 is 0.692 bits per heavy atom. The normalized spacial score (nSPS) is 16.1. The highest BCUT2D eigenvalue weighted by Gasteiger charge is 2.39. The number of piperidine rings is 2. The van der Waals surface area contributed by atoms with Gasteiger partial charge < -0.3 is 52.4 Å². The van der Waals surface area contributed by atoms with Crippen LogP contribution in [0.25, 0.3) is 54.8 Å². The second-order valence-corrected chi connectivity index (χ2v) is 20.6. The van der Waals surface area contributed by atoms with Crippen LogP contribution in [0.5, 0.6) is 33.4 Å². The number of fused-ring (bicyclic) bond motifs is 4. The van der Waals surface area contributed by atoms with Crippen molar-refractivity contribution in [3.63, 3.8) is 0 Å². The van der Waals surface area contributed by atoms with Crippen molar-refractivity contribution < 1.29 is 59.6 Å². The minimum Gasteiger partial charge on any atom is -0.496 e. The van der Waals surface area contributed by atoms with E-state index < -0.39 is 12.1 Å². The molecule has 19 nitrogen and oxygen atoms in total. The Labute approximate surface area is 448 Å². The van der Waals surface area contributed by atoms with Crippen LogP contribution in [0, 0.1) is 17.7 Å². The number of carbonyl (C=O) groups excluding carboxylic acids is 1. The van der Waals surface area contributed by atoms with E-state index in [0.717, 1.165) is 49.8 Å². The number of rotatable bonds is 18. The molecule has 3 aromatic carbocycles. The summed E-state index contributed by atoms with van der Waals surface area (Å²) in [6.07, 6.45) is 3.69. The number of hydrogen-bond acceptors (Lipinski definition) is 18. The van der Waals surface area contributed by atoms with Gasteiger partial charge in [-0.2, -0.15) is 13.2 Å². The average molecular weight is 1110 g/mol. The molecule has 2 saturated heterocycles. The lowest BCUT2D eigenvalue weighted by molar-refractivity contribution is -0.167. The average Bonchev–Trinajstić information content (AvgIpc) is 4.37. The molecule has 0 saturated carbocycles. The molecule has 78 heavy (non-hydrogen) atoms. The second-order valence-electron chi connectivity index (χ2n) is 18.8. The van der Waals surface area contributed by atoms with Gasteiger partial charge in [0.2, 0.25) is 9.92 Å². The number of pyridine rings is 1. The molecule has 0 spiro atoms. The van der Waals surface area contributed by atoms with Crippen LogP contribution in [0.3, 0.4) is 0 Å². The van der Waals surface area contributed by atoms with Gasteiger partial charge in [-0.3, -0.25) is 4.79 Å². The number of amides is 1. The Morgan fingerprint density at radius 2 is 1.26 bits per heavy atom. The number of ether oxygens (including phenoxy) is 6. The number of halogens is 4. The van der Waals surface area contributed by atoms with Crippen molar-refractivity contribution in [3.05, 3.63) is 97.2 Å². The number of furan rings is 2. The number of anilines is 3. The molecule has 2 aliphatic heterocycles. The predicted molar refractivity (Wildman–Crippen MR) is 282 cm³/mol. The van der Waals surface area contributed by atoms with Crippen LogP contribution in [0.2, 0.25) is 0 Å². The van der Waals surface area contributed by atoms with Gasteiger partial charge in [-0.1, -0.05) is 0 Å². The molecule has 12 rings (SSSR count). The molecule has 1 amide bonds. The maximum Gasteiger partial charge on any atom is 0.471 e. The monoisotopic (exact) mass is 1110 g/mol. The molecule has 7 aromatic heterocycles. The highest BCUT2D eigenvalue weighted by molar-refractivity contribution is 7.18. The first kappa shape index (κ1) is 50.5. The van der Waals surface area contributed by atoms with Crippen molar-refractivity contribution in [3.8, 4) is 56.3 Å². The number of hydrogen-bond donors (Lipinski definition) is 1. The number of benzene rings is 3. The van der Waals surface area contributed by atoms with Crippen LogP contribution in [0.1, 0.15) is 25.7 Å². The summed E-state index contributed by atoms with van der Waals surface area (Å²) in [5.74, 6) is 1.10. The van der Waals surface area contributed by atoms with Gasteiger partial charge in [0.25, 0.3) is 10.4 Å². The van der Waals surface area contributed by atoms with Gasteiger partial charge in [-0.15, -0.1) is 10.2 Å². The first-order valence-corrected chi connectivity index (χ1v) is 26.6. The standard InChI is InChI=1S/C53H48F4N10O9S2/c1-69-35-17-41(73-28-30-5-3-13-64(24-30)33-9-7-32(54)8-10-33)37-21-45(75-43(37)18-35)40-27-67-50(60-40)78-52(63-67)72-16-15-71-36-19-42(38-22-46(76-44(38)20-36)39-26-66-49(59-39)77-51(62-66)70-2)74-29-31-6-4-14-65(25-31)34-11-12-47(58-23-34)61-48(68)53(55,56)57/h7-12,17-23,26-27,30-31H,3-6,13-16,24-25,28-29H2,1-2H3,(H,58,61,68)/t30-,31?/m1/s1. The molecule has 0 aliphatic carbocycles. The third-order valence-corrected chi connectivity index (χ3v) is 15.2. The first-order chi connectivity index (χ1) is 37.9. The van der Waals surface area contributed by atoms with E-state index in [1.807, 2.05) is 42.5 Å². The minimum atomic E-state index is -5.02. The van der Waals surface area contributed by atoms with E-state index in [1.54, 1.807) is 53.1 Å². The molecule has 2 aliphatic rings. The number of nitrogens with zero attached hydrogens (tertiary/aromatic N) is 9. The Bertz CT molecular complexity index is 3700. The second kappa shape index (κ2) is 21.2. The predicted octanol–water partition coefficient (Wildman–Crippen LogP) is 10.8. The summed E-state index contributed by atoms with van der Waals surface area (Å²) in [4.78, 5) is 30.5. The van der Waals surface area contributed by atoms with Crippen molar-refractivity contribution in [1.82, 2.24) is 34.2 Å². The van der Waals surface area contributed by atoms with Gasteiger partial charge in [0.15, 0.2) is 11.5 Å². The van der Waals surface area contributed by atoms with Gasteiger partial charge in [0.05, 0.1) is 62.5 Å². The molecule has 404 valence electrons. The lowest BCUT2D eigenvalue weighted by Gasteiger charge is -2.34. The maximum atomic E-state index is 13.6. The molecule has 0 bridgehead atoms. The largest absolute Gasteiger partial charge is 0.496 e. The van der Waals surface area contributed by atoms with Crippen LogP contribution in [0.15, 0.2) is 100 Å². The lowest BCUT2D eigenvalue weighted by atomic mass is 9.98. The third kappa shape index (κ3) is 10.8. The number of nitrogens with one attached hydrogen (secondary N) is 1. The number of imidazole rings is 2. The number of methoxy groups -OCH3 is 2. The summed E-state index contributed by atoms with van der Waals surface area (Å²) in [6, 6.07) is 20.7. The minimum absolute atomic E-state index is 0.0792. The zero-order valence-electron chi connectivity index (χ0n) is 41.8. The molecule has 1 unspecified atom stereocenters. The maximum absolute atomic E-state index is 13.6. The summed E-state index contributed by atoms with van der Waals surface area (Å²) in [6.45, 7) is 4.16. The summed E-state index contributed by atoms with van der Waals surface area (Å²) < 4.78 is 104. The van der Waals surface area contributed by atoms with Crippen LogP contribution >= 0.6 is 22.7 Å². The smallest absolute Gasteiger partial charge is 0.471 e. The Balaban J connectivity index is 0.699. The highest BCUT2D eigenvalue weighted by atomic mass is 32.1. The van der Waals surface area contributed by atoms with Crippen LogP contribution in [-0.4, -0.2) is 113 Å². The Morgan fingerprint density at radius 3 is 1.83 bits per heavy atom. The third-order valence-electron chi connectivity index (χ3n) is 13.5. The lowest BCUT2D eigenvalue weighted by Crippen LogP contribution is -2.37. The van der Waals surface area contributed by atoms with E-state index in [1.165, 1.54) is 47.1 Å². The molecular weight excluding hydrogens is 1060 g/mol. The Hall–Kier alpha value is -8.32. The van der Waals surface area contributed by atoms with Gasteiger partial charge >= 0.3 is 12.1 Å². The quantitative estimate of drug-likeness (QED) is 0.0630. The van der Waals surface area contributed by atoms with Crippen LogP contribution < -0.4 is 43.5 Å². The van der Waals surface area contributed by atoms with Crippen molar-refractivity contribution in [2.75, 3.05) is 81.9 Å². The van der Waals surface area contributed by atoms with Crippen molar-refractivity contribution in [1.29, 1.82) is 0 Å². The van der Waals surface area contributed by atoms with Crippen molar-refractivity contribution >= 4 is 77.6 Å². The molecule has 0 radical (unpaired) electrons. The fraction of sp³-hybridized carbons (Fsp3) is 0.321. The number of alkyl halides is 3. The summed E-state index contributed by atoms with van der Waals surface area (Å²) >= 11 is 2.57. The molecule has 10 aromatic rings. The summed E-state index contributed by atoms with van der Waals surface area (Å²) in [7, 11) is 3.15. The van der Waals surface area contributed by atoms with Gasteiger partial charge in [0, 0.05) is 68.0 Å². The van der Waals surface area contributed by atoms with Crippen LogP contribution in [-0.2, 0) is 4.79 Å². The van der Waals surface area contributed by atoms with Gasteiger partial charge in [-0.05, 0) is 96.9 Å². The van der Waals surface area contributed by atoms with Gasteiger partial charge in [0.1, 0.15) is 70.4 Å². The van der Waals surface area contributed by atoms with Crippen LogP contribution in [0.4, 0.5) is 34.8 Å². The topological polar surface area (TPSA) is 191 Å². The number of aromatic nitrogens is 7. The van der Waals surface area contributed by atoms with Crippen molar-refractivity contribution in [2.24, 2.45) is 11.8 Å². The zero-order valence-corrected chi connectivity index (χ0v) is 43.5. The zero-order chi connectivity index (χ0) is 53.5. The van der Waals surface area contributed by atoms with E-state index in [9.17, 15) is 22.4 Å².